The first-order valence-corrected chi connectivity index (χ1v) is 3.02. The molecule has 0 bridgehead atoms. The summed E-state index contributed by atoms with van der Waals surface area (Å²) in [7, 11) is 0. The van der Waals surface area contributed by atoms with E-state index >= 15 is 0 Å². The Bertz CT molecular complexity index is 158. The number of carbonyl (C=O) groups is 2. The van der Waals surface area contributed by atoms with Crippen molar-refractivity contribution in [3.05, 3.63) is 12.2 Å². The predicted octanol–water partition coefficient (Wildman–Crippen LogP) is 0.695. The summed E-state index contributed by atoms with van der Waals surface area (Å²) in [5, 5.41) is 0. The van der Waals surface area contributed by atoms with Gasteiger partial charge in [0, 0.05) is 6.08 Å². The first-order valence-electron chi connectivity index (χ1n) is 3.02. The van der Waals surface area contributed by atoms with Crippen LogP contribution in [-0.4, -0.2) is 18.4 Å². The summed E-state index contributed by atoms with van der Waals surface area (Å²) in [6, 6.07) is 0. The van der Waals surface area contributed by atoms with Crippen LogP contribution in [0.2, 0.25) is 0 Å². The quantitative estimate of drug-likeness (QED) is 0.430. The first kappa shape index (κ1) is 8.88. The van der Waals surface area contributed by atoms with E-state index in [0.29, 0.717) is 6.61 Å². The van der Waals surface area contributed by atoms with Gasteiger partial charge in [-0.1, -0.05) is 0 Å². The lowest BCUT2D eigenvalue weighted by molar-refractivity contribution is -0.137. The molecule has 3 nitrogen and oxygen atoms in total. The Morgan fingerprint density at radius 1 is 1.40 bits per heavy atom. The molecule has 0 aliphatic heterocycles. The van der Waals surface area contributed by atoms with E-state index in [1.54, 1.807) is 6.92 Å². The van der Waals surface area contributed by atoms with Crippen molar-refractivity contribution in [1.29, 1.82) is 0 Å². The number of ether oxygens (including phenoxy) is 1. The van der Waals surface area contributed by atoms with Crippen molar-refractivity contribution in [2.24, 2.45) is 0 Å². The molecule has 0 aliphatic rings. The van der Waals surface area contributed by atoms with Gasteiger partial charge in [0.1, 0.15) is 0 Å². The van der Waals surface area contributed by atoms with Crippen LogP contribution in [0.3, 0.4) is 0 Å². The van der Waals surface area contributed by atoms with E-state index in [1.807, 2.05) is 0 Å². The molecule has 0 saturated heterocycles. The lowest BCUT2D eigenvalue weighted by atomic mass is 10.4. The van der Waals surface area contributed by atoms with Crippen LogP contribution in [0, 0.1) is 0 Å². The van der Waals surface area contributed by atoms with E-state index in [4.69, 9.17) is 0 Å². The highest BCUT2D eigenvalue weighted by Crippen LogP contribution is 1.81. The molecule has 0 N–H and O–H groups in total. The highest BCUT2D eigenvalue weighted by Gasteiger charge is 1.92. The fourth-order valence-electron chi connectivity index (χ4n) is 0.376. The summed E-state index contributed by atoms with van der Waals surface area (Å²) in [6.07, 6.45) is 2.30. The van der Waals surface area contributed by atoms with Gasteiger partial charge in [0.15, 0.2) is 5.78 Å². The molecule has 0 unspecified atom stereocenters. The van der Waals surface area contributed by atoms with Gasteiger partial charge in [-0.2, -0.15) is 0 Å². The Kier molecular flexibility index (Phi) is 4.20. The molecule has 0 atom stereocenters. The Labute approximate surface area is 59.7 Å². The average molecular weight is 142 g/mol. The monoisotopic (exact) mass is 142 g/mol. The second-order valence-corrected chi connectivity index (χ2v) is 1.70. The van der Waals surface area contributed by atoms with Gasteiger partial charge < -0.3 is 4.74 Å². The van der Waals surface area contributed by atoms with Crippen LogP contribution in [0.5, 0.6) is 0 Å². The lowest BCUT2D eigenvalue weighted by Gasteiger charge is -1.92. The van der Waals surface area contributed by atoms with E-state index in [9.17, 15) is 9.59 Å². The van der Waals surface area contributed by atoms with Crippen molar-refractivity contribution in [3.63, 3.8) is 0 Å². The molecule has 10 heavy (non-hydrogen) atoms. The molecule has 0 aliphatic carbocycles. The summed E-state index contributed by atoms with van der Waals surface area (Å²) in [6.45, 7) is 3.41. The predicted molar refractivity (Wildman–Crippen MR) is 36.5 cm³/mol. The van der Waals surface area contributed by atoms with Crippen molar-refractivity contribution in [1.82, 2.24) is 0 Å². The molecule has 0 amide bonds. The highest BCUT2D eigenvalue weighted by molar-refractivity contribution is 5.94. The van der Waals surface area contributed by atoms with Crippen LogP contribution in [0.4, 0.5) is 0 Å². The van der Waals surface area contributed by atoms with Gasteiger partial charge in [0.2, 0.25) is 0 Å². The maximum Gasteiger partial charge on any atom is 0.330 e. The van der Waals surface area contributed by atoms with Gasteiger partial charge >= 0.3 is 5.97 Å². The Morgan fingerprint density at radius 2 is 2.00 bits per heavy atom. The van der Waals surface area contributed by atoms with Crippen molar-refractivity contribution in [3.8, 4) is 0 Å². The largest absolute Gasteiger partial charge is 0.463 e. The third-order valence-corrected chi connectivity index (χ3v) is 0.741. The molecule has 0 aromatic rings. The molecule has 0 rings (SSSR count). The number of hydrogen-bond donors (Lipinski definition) is 0. The minimum absolute atomic E-state index is 0.159. The summed E-state index contributed by atoms with van der Waals surface area (Å²) >= 11 is 0. The van der Waals surface area contributed by atoms with Gasteiger partial charge in [-0.3, -0.25) is 4.79 Å². The van der Waals surface area contributed by atoms with Crippen LogP contribution in [0.15, 0.2) is 12.2 Å². The van der Waals surface area contributed by atoms with Crippen molar-refractivity contribution >= 4 is 11.8 Å². The molecule has 0 radical (unpaired) electrons. The Balaban J connectivity index is 3.67. The van der Waals surface area contributed by atoms with Gasteiger partial charge in [-0.05, 0) is 19.9 Å². The van der Waals surface area contributed by atoms with Crippen molar-refractivity contribution in [2.45, 2.75) is 13.8 Å². The number of hydrogen-bond acceptors (Lipinski definition) is 3. The number of ketones is 1. The van der Waals surface area contributed by atoms with E-state index in [-0.39, 0.29) is 5.78 Å². The second kappa shape index (κ2) is 4.73. The highest BCUT2D eigenvalue weighted by atomic mass is 16.5. The smallest absolute Gasteiger partial charge is 0.330 e. The Hall–Kier alpha value is -1.12. The molecule has 3 heteroatoms. The summed E-state index contributed by atoms with van der Waals surface area (Å²) < 4.78 is 4.51. The second-order valence-electron chi connectivity index (χ2n) is 1.70. The fraction of sp³-hybridized carbons (Fsp3) is 0.429. The molecule has 0 heterocycles. The average Bonchev–Trinajstić information content (AvgIpc) is 1.85. The molecule has 56 valence electrons. The van der Waals surface area contributed by atoms with E-state index in [0.717, 1.165) is 6.08 Å². The third kappa shape index (κ3) is 5.03. The van der Waals surface area contributed by atoms with E-state index in [2.05, 4.69) is 4.74 Å². The van der Waals surface area contributed by atoms with Gasteiger partial charge in [0.05, 0.1) is 6.61 Å². The topological polar surface area (TPSA) is 43.4 Å². The maximum absolute atomic E-state index is 10.5. The van der Waals surface area contributed by atoms with Crippen molar-refractivity contribution < 1.29 is 14.3 Å². The van der Waals surface area contributed by atoms with Crippen LogP contribution in [-0.2, 0) is 14.3 Å². The van der Waals surface area contributed by atoms with Crippen LogP contribution in [0.25, 0.3) is 0 Å². The molecule has 0 saturated carbocycles. The Morgan fingerprint density at radius 3 is 2.40 bits per heavy atom. The lowest BCUT2D eigenvalue weighted by Crippen LogP contribution is -1.99. The molecule has 0 aromatic heterocycles. The van der Waals surface area contributed by atoms with Crippen LogP contribution < -0.4 is 0 Å². The number of carbonyl (C=O) groups excluding carboxylic acids is 2. The zero-order valence-electron chi connectivity index (χ0n) is 6.09. The molecule has 0 aromatic carbocycles. The van der Waals surface area contributed by atoms with Gasteiger partial charge in [-0.25, -0.2) is 4.79 Å². The van der Waals surface area contributed by atoms with Crippen molar-refractivity contribution in [2.75, 3.05) is 6.61 Å². The standard InChI is InChI=1S/C7H10O3/c1-3-10-7(9)5-4-6(2)8/h4-5H,3H2,1-2H3/b5-4+. The first-order chi connectivity index (χ1) is 4.66. The summed E-state index contributed by atoms with van der Waals surface area (Å²) in [5.41, 5.74) is 0. The zero-order chi connectivity index (χ0) is 7.98. The summed E-state index contributed by atoms with van der Waals surface area (Å²) in [5.74, 6) is -0.634. The van der Waals surface area contributed by atoms with E-state index < -0.39 is 5.97 Å². The number of rotatable bonds is 3. The molecule has 0 spiro atoms. The molecular weight excluding hydrogens is 132 g/mol. The van der Waals surface area contributed by atoms with Gasteiger partial charge in [-0.15, -0.1) is 0 Å². The maximum atomic E-state index is 10.5. The normalized spacial score (nSPS) is 9.80. The minimum Gasteiger partial charge on any atom is -0.463 e. The molecular formula is C7H10O3. The van der Waals surface area contributed by atoms with Crippen LogP contribution in [0.1, 0.15) is 13.8 Å². The SMILES string of the molecule is CCOC(=O)/C=C/C(C)=O. The van der Waals surface area contributed by atoms with Gasteiger partial charge in [0.25, 0.3) is 0 Å². The zero-order valence-corrected chi connectivity index (χ0v) is 6.09. The third-order valence-electron chi connectivity index (χ3n) is 0.741. The minimum atomic E-state index is -0.474. The van der Waals surface area contributed by atoms with E-state index in [1.165, 1.54) is 13.0 Å². The number of allylic oxidation sites excluding steroid dienone is 1. The molecule has 0 fully saturated rings. The fourth-order valence-corrected chi connectivity index (χ4v) is 0.376. The summed E-state index contributed by atoms with van der Waals surface area (Å²) in [4.78, 5) is 20.7. The van der Waals surface area contributed by atoms with Crippen LogP contribution >= 0.6 is 0 Å². The number of esters is 1.